The van der Waals surface area contributed by atoms with E-state index in [1.54, 1.807) is 42.5 Å². The van der Waals surface area contributed by atoms with Gasteiger partial charge in [-0.2, -0.15) is 0 Å². The Morgan fingerprint density at radius 3 is 2.22 bits per heavy atom. The highest BCUT2D eigenvalue weighted by molar-refractivity contribution is 7.90. The lowest BCUT2D eigenvalue weighted by Gasteiger charge is -2.07. The summed E-state index contributed by atoms with van der Waals surface area (Å²) < 4.78 is 43.0. The third-order valence-electron chi connectivity index (χ3n) is 4.87. The second-order valence-corrected chi connectivity index (χ2v) is 9.32. The van der Waals surface area contributed by atoms with Gasteiger partial charge in [-0.1, -0.05) is 36.4 Å². The highest BCUT2D eigenvalue weighted by Crippen LogP contribution is 2.28. The zero-order chi connectivity index (χ0) is 22.9. The first-order chi connectivity index (χ1) is 15.2. The molecule has 32 heavy (non-hydrogen) atoms. The molecular weight excluding hydrogens is 435 g/mol. The molecule has 0 aliphatic rings. The molecule has 2 aromatic heterocycles. The van der Waals surface area contributed by atoms with Crippen molar-refractivity contribution < 1.29 is 27.4 Å². The molecule has 4 rings (SSSR count). The van der Waals surface area contributed by atoms with Gasteiger partial charge < -0.3 is 14.8 Å². The van der Waals surface area contributed by atoms with Crippen molar-refractivity contribution in [2.45, 2.75) is 11.5 Å². The summed E-state index contributed by atoms with van der Waals surface area (Å²) in [4.78, 5) is 18.2. The first-order valence-electron chi connectivity index (χ1n) is 9.59. The Balaban J connectivity index is 1.58. The number of halogens is 1. The number of carboxylic acid groups (broad SMARTS) is 1. The van der Waals surface area contributed by atoms with Crippen LogP contribution in [-0.2, 0) is 26.0 Å². The Morgan fingerprint density at radius 1 is 1.03 bits per heavy atom. The molecule has 0 fully saturated rings. The van der Waals surface area contributed by atoms with Crippen LogP contribution < -0.4 is 0 Å². The first-order valence-corrected chi connectivity index (χ1v) is 11.5. The molecule has 0 saturated heterocycles. The van der Waals surface area contributed by atoms with Gasteiger partial charge in [-0.15, -0.1) is 0 Å². The van der Waals surface area contributed by atoms with Gasteiger partial charge in [0.1, 0.15) is 12.3 Å². The number of hydrogen-bond donors (Lipinski definition) is 2. The van der Waals surface area contributed by atoms with Crippen LogP contribution in [0.3, 0.4) is 0 Å². The minimum absolute atomic E-state index is 0.0480. The summed E-state index contributed by atoms with van der Waals surface area (Å²) in [6.45, 7) is -0.377. The molecule has 2 heterocycles. The summed E-state index contributed by atoms with van der Waals surface area (Å²) in [6, 6.07) is 16.7. The summed E-state index contributed by atoms with van der Waals surface area (Å²) in [6.07, 6.45) is 1.16. The summed E-state index contributed by atoms with van der Waals surface area (Å²) in [5.41, 5.74) is 4.09. The van der Waals surface area contributed by atoms with Crippen LogP contribution in [-0.4, -0.2) is 42.3 Å². The molecule has 0 saturated carbocycles. The lowest BCUT2D eigenvalue weighted by Crippen LogP contribution is -2.06. The molecule has 0 unspecified atom stereocenters. The van der Waals surface area contributed by atoms with E-state index in [4.69, 9.17) is 9.84 Å². The predicted octanol–water partition coefficient (Wildman–Crippen LogP) is 4.04. The van der Waals surface area contributed by atoms with Crippen LogP contribution in [0.5, 0.6) is 0 Å². The highest BCUT2D eigenvalue weighted by atomic mass is 32.2. The number of carbonyl (C=O) groups is 1. The lowest BCUT2D eigenvalue weighted by molar-refractivity contribution is -0.142. The Bertz CT molecular complexity index is 1400. The normalized spacial score (nSPS) is 11.7. The number of aliphatic carboxylic acids is 1. The molecule has 4 aromatic rings. The van der Waals surface area contributed by atoms with Crippen LogP contribution in [0.25, 0.3) is 33.4 Å². The number of sulfone groups is 1. The van der Waals surface area contributed by atoms with E-state index in [9.17, 15) is 17.6 Å². The Kier molecular flexibility index (Phi) is 5.77. The predicted molar refractivity (Wildman–Crippen MR) is 117 cm³/mol. The second kappa shape index (κ2) is 8.52. The van der Waals surface area contributed by atoms with Gasteiger partial charge in [0.05, 0.1) is 22.5 Å². The van der Waals surface area contributed by atoms with Crippen molar-refractivity contribution in [3.8, 4) is 22.4 Å². The van der Waals surface area contributed by atoms with E-state index in [-0.39, 0.29) is 17.2 Å². The van der Waals surface area contributed by atoms with Gasteiger partial charge in [0.25, 0.3) is 0 Å². The third-order valence-corrected chi connectivity index (χ3v) is 6.00. The van der Waals surface area contributed by atoms with E-state index >= 15 is 0 Å². The fourth-order valence-electron chi connectivity index (χ4n) is 3.33. The van der Waals surface area contributed by atoms with Crippen LogP contribution in [0.15, 0.2) is 65.6 Å². The van der Waals surface area contributed by atoms with Gasteiger partial charge in [-0.3, -0.25) is 0 Å². The zero-order valence-corrected chi connectivity index (χ0v) is 17.8. The van der Waals surface area contributed by atoms with Crippen molar-refractivity contribution in [3.05, 3.63) is 72.2 Å². The molecule has 2 aromatic carbocycles. The van der Waals surface area contributed by atoms with Crippen molar-refractivity contribution >= 4 is 26.8 Å². The third kappa shape index (κ3) is 4.68. The molecule has 0 bridgehead atoms. The number of aromatic amines is 1. The van der Waals surface area contributed by atoms with Crippen LogP contribution in [0.1, 0.15) is 5.69 Å². The average Bonchev–Trinajstić information content (AvgIpc) is 3.14. The van der Waals surface area contributed by atoms with Crippen LogP contribution >= 0.6 is 0 Å². The summed E-state index contributed by atoms with van der Waals surface area (Å²) in [5.74, 6) is -1.56. The summed E-state index contributed by atoms with van der Waals surface area (Å²) in [5, 5.41) is 8.65. The number of aromatic nitrogens is 2. The van der Waals surface area contributed by atoms with E-state index in [2.05, 4.69) is 9.97 Å². The number of nitrogens with one attached hydrogen (secondary N) is 1. The maximum absolute atomic E-state index is 14.7. The molecule has 9 heteroatoms. The number of fused-ring (bicyclic) bond motifs is 1. The van der Waals surface area contributed by atoms with Gasteiger partial charge >= 0.3 is 5.97 Å². The number of ether oxygens (including phenoxy) is 1. The van der Waals surface area contributed by atoms with Crippen molar-refractivity contribution in [2.24, 2.45) is 0 Å². The zero-order valence-electron chi connectivity index (χ0n) is 17.0. The first kappa shape index (κ1) is 21.7. The van der Waals surface area contributed by atoms with E-state index in [0.29, 0.717) is 22.3 Å². The molecular formula is C23H19FN2O5S. The second-order valence-electron chi connectivity index (χ2n) is 7.31. The molecule has 0 radical (unpaired) electrons. The summed E-state index contributed by atoms with van der Waals surface area (Å²) in [7, 11) is -3.26. The molecule has 164 valence electrons. The fraction of sp³-hybridized carbons (Fsp3) is 0.130. The molecule has 0 spiro atoms. The van der Waals surface area contributed by atoms with Crippen LogP contribution in [0.2, 0.25) is 0 Å². The van der Waals surface area contributed by atoms with Crippen LogP contribution in [0, 0.1) is 5.82 Å². The number of benzene rings is 2. The Labute approximate surface area is 183 Å². The smallest absolute Gasteiger partial charge is 0.329 e. The van der Waals surface area contributed by atoms with Crippen molar-refractivity contribution in [3.63, 3.8) is 0 Å². The van der Waals surface area contributed by atoms with Crippen molar-refractivity contribution in [2.75, 3.05) is 12.9 Å². The monoisotopic (exact) mass is 454 g/mol. The van der Waals surface area contributed by atoms with Crippen molar-refractivity contribution in [1.82, 2.24) is 9.97 Å². The standard InChI is InChI=1S/C23H19FN2O5S/c1-32(29,30)18-8-6-15(7-9-18)14-2-4-16(5-3-14)23-19(24)11-21-20(26-23)10-17(25-21)12-31-13-22(27)28/h2-11,25H,12-13H2,1H3,(H,27,28). The largest absolute Gasteiger partial charge is 0.480 e. The molecule has 7 nitrogen and oxygen atoms in total. The maximum atomic E-state index is 14.7. The van der Waals surface area contributed by atoms with Gasteiger partial charge in [-0.05, 0) is 29.3 Å². The minimum atomic E-state index is -3.26. The number of rotatable bonds is 7. The van der Waals surface area contributed by atoms with Gasteiger partial charge in [-0.25, -0.2) is 22.6 Å². The maximum Gasteiger partial charge on any atom is 0.329 e. The quantitative estimate of drug-likeness (QED) is 0.436. The molecule has 0 atom stereocenters. The van der Waals surface area contributed by atoms with Gasteiger partial charge in [0.2, 0.25) is 0 Å². The van der Waals surface area contributed by atoms with Gasteiger partial charge in [0.15, 0.2) is 15.7 Å². The van der Waals surface area contributed by atoms with Crippen LogP contribution in [0.4, 0.5) is 4.39 Å². The van der Waals surface area contributed by atoms with E-state index in [1.807, 2.05) is 12.1 Å². The Morgan fingerprint density at radius 2 is 1.62 bits per heavy atom. The van der Waals surface area contributed by atoms with E-state index < -0.39 is 28.2 Å². The fourth-order valence-corrected chi connectivity index (χ4v) is 3.96. The number of carboxylic acids is 1. The lowest BCUT2D eigenvalue weighted by atomic mass is 10.0. The number of nitrogens with zero attached hydrogens (tertiary/aromatic N) is 1. The molecule has 0 aliphatic carbocycles. The van der Waals surface area contributed by atoms with E-state index in [0.717, 1.165) is 17.4 Å². The molecule has 2 N–H and O–H groups in total. The van der Waals surface area contributed by atoms with Crippen molar-refractivity contribution in [1.29, 1.82) is 0 Å². The number of hydrogen-bond acceptors (Lipinski definition) is 5. The highest BCUT2D eigenvalue weighted by Gasteiger charge is 2.13. The number of pyridine rings is 1. The SMILES string of the molecule is CS(=O)(=O)c1ccc(-c2ccc(-c3nc4cc(COCC(=O)O)[nH]c4cc3F)cc2)cc1. The van der Waals surface area contributed by atoms with E-state index in [1.165, 1.54) is 6.07 Å². The average molecular weight is 454 g/mol. The minimum Gasteiger partial charge on any atom is -0.480 e. The molecule has 0 aliphatic heterocycles. The topological polar surface area (TPSA) is 109 Å². The number of H-pyrrole nitrogens is 1. The summed E-state index contributed by atoms with van der Waals surface area (Å²) >= 11 is 0. The Hall–Kier alpha value is -3.56. The molecule has 0 amide bonds. The van der Waals surface area contributed by atoms with Gasteiger partial charge in [0, 0.05) is 23.6 Å².